The average molecular weight is 467 g/mol. The molecular weight excluding hydrogens is 440 g/mol. The van der Waals surface area contributed by atoms with Crippen molar-refractivity contribution in [1.29, 1.82) is 0 Å². The highest BCUT2D eigenvalue weighted by Gasteiger charge is 2.10. The number of rotatable bonds is 10. The van der Waals surface area contributed by atoms with E-state index in [0.29, 0.717) is 0 Å². The Bertz CT molecular complexity index is 1160. The van der Waals surface area contributed by atoms with Gasteiger partial charge in [0.25, 0.3) is 0 Å². The summed E-state index contributed by atoms with van der Waals surface area (Å²) in [5.41, 5.74) is 2.13. The molecule has 4 aromatic rings. The van der Waals surface area contributed by atoms with Crippen LogP contribution in [-0.2, 0) is 18.7 Å². The number of nitrogens with one attached hydrogen (secondary N) is 1. The number of halogens is 1. The fourth-order valence-corrected chi connectivity index (χ4v) is 4.40. The summed E-state index contributed by atoms with van der Waals surface area (Å²) in [6.45, 7) is 1.64. The van der Waals surface area contributed by atoms with E-state index in [1.807, 2.05) is 62.3 Å². The van der Waals surface area contributed by atoms with E-state index in [0.717, 1.165) is 75.4 Å². The van der Waals surface area contributed by atoms with Crippen molar-refractivity contribution in [2.75, 3.05) is 31.7 Å². The maximum atomic E-state index is 6.01. The van der Waals surface area contributed by atoms with Gasteiger partial charge in [-0.05, 0) is 43.9 Å². The lowest BCUT2D eigenvalue weighted by Crippen LogP contribution is -2.09. The Morgan fingerprint density at radius 2 is 1.69 bits per heavy atom. The van der Waals surface area contributed by atoms with Crippen molar-refractivity contribution in [3.05, 3.63) is 88.5 Å². The first-order chi connectivity index (χ1) is 15.6. The van der Waals surface area contributed by atoms with Gasteiger partial charge in [0.05, 0.1) is 18.0 Å². The molecular formula is C25H27ClN4OS. The summed E-state index contributed by atoms with van der Waals surface area (Å²) in [5.74, 6) is 4.66. The second-order valence-corrected chi connectivity index (χ2v) is 9.47. The molecule has 1 N–H and O–H groups in total. The first-order valence-corrected chi connectivity index (χ1v) is 12.1. The zero-order chi connectivity index (χ0) is 22.3. The van der Waals surface area contributed by atoms with Crippen molar-refractivity contribution in [2.24, 2.45) is 0 Å². The summed E-state index contributed by atoms with van der Waals surface area (Å²) in [6, 6.07) is 20.3. The summed E-state index contributed by atoms with van der Waals surface area (Å²) in [7, 11) is 4.08. The van der Waals surface area contributed by atoms with E-state index < -0.39 is 0 Å². The molecule has 0 radical (unpaired) electrons. The fourth-order valence-electron chi connectivity index (χ4n) is 3.53. The van der Waals surface area contributed by atoms with Crippen LogP contribution >= 0.6 is 23.4 Å². The summed E-state index contributed by atoms with van der Waals surface area (Å²) in [4.78, 5) is 2.10. The molecule has 2 aromatic carbocycles. The van der Waals surface area contributed by atoms with Crippen molar-refractivity contribution in [2.45, 2.75) is 18.7 Å². The van der Waals surface area contributed by atoms with E-state index in [9.17, 15) is 0 Å². The van der Waals surface area contributed by atoms with Crippen LogP contribution in [0.1, 0.15) is 22.8 Å². The van der Waals surface area contributed by atoms with Crippen molar-refractivity contribution in [1.82, 2.24) is 15.1 Å². The minimum atomic E-state index is 0.722. The predicted octanol–water partition coefficient (Wildman–Crippen LogP) is 5.87. The fraction of sp³-hybridized carbons (Fsp3) is 0.280. The van der Waals surface area contributed by atoms with E-state index in [1.54, 1.807) is 0 Å². The van der Waals surface area contributed by atoms with Crippen LogP contribution in [0.2, 0.25) is 5.02 Å². The number of nitrogens with zero attached hydrogens (tertiary/aromatic N) is 3. The van der Waals surface area contributed by atoms with E-state index in [-0.39, 0.29) is 0 Å². The molecule has 0 fully saturated rings. The van der Waals surface area contributed by atoms with Gasteiger partial charge in [0, 0.05) is 34.5 Å². The Morgan fingerprint density at radius 3 is 2.47 bits per heavy atom. The second kappa shape index (κ2) is 10.9. The van der Waals surface area contributed by atoms with Gasteiger partial charge >= 0.3 is 0 Å². The Hall–Kier alpha value is -2.54. The molecule has 0 atom stereocenters. The normalized spacial score (nSPS) is 11.4. The van der Waals surface area contributed by atoms with Crippen LogP contribution in [0.4, 0.5) is 5.82 Å². The van der Waals surface area contributed by atoms with Crippen LogP contribution in [0, 0.1) is 0 Å². The number of hydrogen-bond acceptors (Lipinski definition) is 6. The maximum Gasteiger partial charge on any atom is 0.156 e. The monoisotopic (exact) mass is 466 g/mol. The van der Waals surface area contributed by atoms with E-state index in [4.69, 9.17) is 16.0 Å². The van der Waals surface area contributed by atoms with Crippen molar-refractivity contribution in [3.8, 4) is 0 Å². The third-order valence-corrected chi connectivity index (χ3v) is 6.25. The summed E-state index contributed by atoms with van der Waals surface area (Å²) < 4.78 is 5.87. The van der Waals surface area contributed by atoms with Crippen molar-refractivity contribution < 1.29 is 4.42 Å². The number of aromatic nitrogens is 2. The van der Waals surface area contributed by atoms with Gasteiger partial charge in [-0.15, -0.1) is 5.10 Å². The number of thioether (sulfide) groups is 1. The minimum absolute atomic E-state index is 0.722. The first-order valence-electron chi connectivity index (χ1n) is 10.6. The molecule has 0 aliphatic rings. The standard InChI is InChI=1S/C25H27ClN4OS/c1-30(2)16-20-11-12-21(31-20)17-32-14-13-27-25-23-6-4-3-5-22(23)24(28-29-25)15-18-7-9-19(26)10-8-18/h3-12H,13-17H2,1-2H3,(H,27,29). The van der Waals surface area contributed by atoms with Gasteiger partial charge in [0.1, 0.15) is 11.5 Å². The van der Waals surface area contributed by atoms with Gasteiger partial charge in [-0.1, -0.05) is 48.0 Å². The van der Waals surface area contributed by atoms with Gasteiger partial charge in [-0.2, -0.15) is 16.9 Å². The quantitative estimate of drug-likeness (QED) is 0.295. The van der Waals surface area contributed by atoms with Crippen LogP contribution in [0.25, 0.3) is 10.8 Å². The Kier molecular flexibility index (Phi) is 7.68. The largest absolute Gasteiger partial charge is 0.464 e. The lowest BCUT2D eigenvalue weighted by molar-refractivity contribution is 0.344. The zero-order valence-electron chi connectivity index (χ0n) is 18.3. The molecule has 2 aromatic heterocycles. The average Bonchev–Trinajstić information content (AvgIpc) is 3.22. The molecule has 0 bridgehead atoms. The van der Waals surface area contributed by atoms with E-state index in [1.165, 1.54) is 0 Å². The number of furan rings is 1. The van der Waals surface area contributed by atoms with Crippen LogP contribution < -0.4 is 5.32 Å². The van der Waals surface area contributed by atoms with Gasteiger partial charge in [-0.25, -0.2) is 0 Å². The zero-order valence-corrected chi connectivity index (χ0v) is 19.9. The smallest absolute Gasteiger partial charge is 0.156 e. The second-order valence-electron chi connectivity index (χ2n) is 7.93. The third-order valence-electron chi connectivity index (χ3n) is 5.02. The summed E-state index contributed by atoms with van der Waals surface area (Å²) in [5, 5.41) is 15.4. The van der Waals surface area contributed by atoms with Crippen molar-refractivity contribution >= 4 is 40.0 Å². The van der Waals surface area contributed by atoms with Gasteiger partial charge in [-0.3, -0.25) is 0 Å². The van der Waals surface area contributed by atoms with Crippen LogP contribution in [0.15, 0.2) is 65.1 Å². The summed E-state index contributed by atoms with van der Waals surface area (Å²) >= 11 is 7.85. The molecule has 0 spiro atoms. The lowest BCUT2D eigenvalue weighted by atomic mass is 10.0. The predicted molar refractivity (Wildman–Crippen MR) is 135 cm³/mol. The van der Waals surface area contributed by atoms with E-state index in [2.05, 4.69) is 44.7 Å². The highest BCUT2D eigenvalue weighted by Crippen LogP contribution is 2.25. The third kappa shape index (κ3) is 6.03. The SMILES string of the molecule is CN(C)Cc1ccc(CSCCNc2nnc(Cc3ccc(Cl)cc3)c3ccccc23)o1. The number of benzene rings is 2. The molecule has 0 aliphatic carbocycles. The highest BCUT2D eigenvalue weighted by molar-refractivity contribution is 7.98. The molecule has 0 saturated heterocycles. The molecule has 2 heterocycles. The molecule has 5 nitrogen and oxygen atoms in total. The van der Waals surface area contributed by atoms with Crippen LogP contribution in [0.5, 0.6) is 0 Å². The lowest BCUT2D eigenvalue weighted by Gasteiger charge is -2.11. The number of anilines is 1. The summed E-state index contributed by atoms with van der Waals surface area (Å²) in [6.07, 6.45) is 0.722. The highest BCUT2D eigenvalue weighted by atomic mass is 35.5. The molecule has 32 heavy (non-hydrogen) atoms. The van der Waals surface area contributed by atoms with Gasteiger partial charge in [0.2, 0.25) is 0 Å². The molecule has 7 heteroatoms. The molecule has 166 valence electrons. The van der Waals surface area contributed by atoms with Crippen LogP contribution in [0.3, 0.4) is 0 Å². The maximum absolute atomic E-state index is 6.01. The Balaban J connectivity index is 1.34. The Labute approximate surface area is 198 Å². The topological polar surface area (TPSA) is 54.2 Å². The van der Waals surface area contributed by atoms with Gasteiger partial charge in [0.15, 0.2) is 5.82 Å². The van der Waals surface area contributed by atoms with Gasteiger partial charge < -0.3 is 14.6 Å². The Morgan fingerprint density at radius 1 is 0.938 bits per heavy atom. The number of fused-ring (bicyclic) bond motifs is 1. The van der Waals surface area contributed by atoms with Crippen molar-refractivity contribution in [3.63, 3.8) is 0 Å². The van der Waals surface area contributed by atoms with E-state index >= 15 is 0 Å². The molecule has 0 aliphatic heterocycles. The molecule has 0 amide bonds. The molecule has 0 saturated carbocycles. The molecule has 4 rings (SSSR count). The molecule has 0 unspecified atom stereocenters. The van der Waals surface area contributed by atoms with Crippen LogP contribution in [-0.4, -0.2) is 41.5 Å². The number of hydrogen-bond donors (Lipinski definition) is 1. The first kappa shape index (κ1) is 22.6. The minimum Gasteiger partial charge on any atom is -0.464 e.